The van der Waals surface area contributed by atoms with E-state index in [9.17, 15) is 0 Å². The minimum Gasteiger partial charge on any atom is -0.399 e. The molecule has 0 aliphatic rings. The van der Waals surface area contributed by atoms with Crippen LogP contribution in [0.15, 0.2) is 54.7 Å². The first-order valence-corrected chi connectivity index (χ1v) is 5.93. The van der Waals surface area contributed by atoms with Crippen LogP contribution in [0.2, 0.25) is 0 Å². The molecule has 90 valence electrons. The van der Waals surface area contributed by atoms with Crippen LogP contribution in [0.1, 0.15) is 5.69 Å². The standard InChI is InChI=1S/C16H11N3/c17-10-16-15-3-1-2-13(14(15)8-9-19-16)11-4-6-12(18)7-5-11/h1-9H,18H2. The summed E-state index contributed by atoms with van der Waals surface area (Å²) in [7, 11) is 0. The van der Waals surface area contributed by atoms with Crippen molar-refractivity contribution in [3.8, 4) is 17.2 Å². The van der Waals surface area contributed by atoms with Crippen molar-refractivity contribution in [3.05, 3.63) is 60.4 Å². The second-order valence-electron chi connectivity index (χ2n) is 4.29. The number of hydrogen-bond donors (Lipinski definition) is 1. The molecule has 0 spiro atoms. The Kier molecular flexibility index (Phi) is 2.62. The molecule has 0 unspecified atom stereocenters. The maximum atomic E-state index is 9.10. The Morgan fingerprint density at radius 2 is 1.74 bits per heavy atom. The number of anilines is 1. The number of rotatable bonds is 1. The van der Waals surface area contributed by atoms with E-state index >= 15 is 0 Å². The lowest BCUT2D eigenvalue weighted by molar-refractivity contribution is 1.30. The number of fused-ring (bicyclic) bond motifs is 1. The van der Waals surface area contributed by atoms with Crippen molar-refractivity contribution in [2.45, 2.75) is 0 Å². The molecule has 19 heavy (non-hydrogen) atoms. The van der Waals surface area contributed by atoms with E-state index < -0.39 is 0 Å². The number of benzene rings is 2. The van der Waals surface area contributed by atoms with Crippen LogP contribution in [0.25, 0.3) is 21.9 Å². The summed E-state index contributed by atoms with van der Waals surface area (Å²) in [6, 6.07) is 17.7. The number of nitrogens with two attached hydrogens (primary N) is 1. The summed E-state index contributed by atoms with van der Waals surface area (Å²) in [6.07, 6.45) is 1.67. The molecule has 3 aromatic rings. The zero-order chi connectivity index (χ0) is 13.2. The van der Waals surface area contributed by atoms with E-state index in [1.807, 2.05) is 48.5 Å². The van der Waals surface area contributed by atoms with Crippen LogP contribution in [0, 0.1) is 11.3 Å². The zero-order valence-corrected chi connectivity index (χ0v) is 10.2. The number of nitrogen functional groups attached to an aromatic ring is 1. The van der Waals surface area contributed by atoms with Gasteiger partial charge in [0.05, 0.1) is 0 Å². The Balaban J connectivity index is 2.31. The number of aromatic nitrogens is 1. The molecule has 0 saturated carbocycles. The van der Waals surface area contributed by atoms with Crippen LogP contribution in [-0.2, 0) is 0 Å². The lowest BCUT2D eigenvalue weighted by Gasteiger charge is -2.07. The Labute approximate surface area is 110 Å². The fourth-order valence-corrected chi connectivity index (χ4v) is 2.21. The SMILES string of the molecule is N#Cc1nccc2c(-c3ccc(N)cc3)cccc12. The van der Waals surface area contributed by atoms with E-state index in [4.69, 9.17) is 11.0 Å². The molecule has 0 fully saturated rings. The topological polar surface area (TPSA) is 62.7 Å². The molecule has 0 aliphatic carbocycles. The van der Waals surface area contributed by atoms with Gasteiger partial charge in [0.2, 0.25) is 0 Å². The predicted octanol–water partition coefficient (Wildman–Crippen LogP) is 3.36. The number of hydrogen-bond acceptors (Lipinski definition) is 3. The second kappa shape index (κ2) is 4.43. The smallest absolute Gasteiger partial charge is 0.148 e. The molecule has 0 bridgehead atoms. The first-order chi connectivity index (χ1) is 9.29. The van der Waals surface area contributed by atoms with Crippen LogP contribution in [-0.4, -0.2) is 4.98 Å². The predicted molar refractivity (Wildman–Crippen MR) is 76.3 cm³/mol. The van der Waals surface area contributed by atoms with Crippen molar-refractivity contribution >= 4 is 16.5 Å². The van der Waals surface area contributed by atoms with Gasteiger partial charge in [0.25, 0.3) is 0 Å². The van der Waals surface area contributed by atoms with Gasteiger partial charge < -0.3 is 5.73 Å². The van der Waals surface area contributed by atoms with E-state index in [2.05, 4.69) is 11.1 Å². The number of nitriles is 1. The van der Waals surface area contributed by atoms with E-state index in [1.165, 1.54) is 0 Å². The molecule has 0 radical (unpaired) electrons. The lowest BCUT2D eigenvalue weighted by Crippen LogP contribution is -1.88. The number of nitrogens with zero attached hydrogens (tertiary/aromatic N) is 2. The van der Waals surface area contributed by atoms with Gasteiger partial charge in [0.15, 0.2) is 0 Å². The molecule has 1 aromatic heterocycles. The fourth-order valence-electron chi connectivity index (χ4n) is 2.21. The summed E-state index contributed by atoms with van der Waals surface area (Å²) < 4.78 is 0. The maximum Gasteiger partial charge on any atom is 0.148 e. The minimum atomic E-state index is 0.454. The van der Waals surface area contributed by atoms with Gasteiger partial charge in [-0.1, -0.05) is 30.3 Å². The van der Waals surface area contributed by atoms with Crippen molar-refractivity contribution < 1.29 is 0 Å². The molecule has 1 heterocycles. The van der Waals surface area contributed by atoms with Crippen LogP contribution >= 0.6 is 0 Å². The summed E-state index contributed by atoms with van der Waals surface area (Å²) >= 11 is 0. The van der Waals surface area contributed by atoms with Gasteiger partial charge in [-0.3, -0.25) is 0 Å². The minimum absolute atomic E-state index is 0.454. The van der Waals surface area contributed by atoms with E-state index in [1.54, 1.807) is 6.20 Å². The Bertz CT molecular complexity index is 783. The molecule has 0 amide bonds. The highest BCUT2D eigenvalue weighted by molar-refractivity contribution is 5.98. The van der Waals surface area contributed by atoms with Crippen molar-refractivity contribution in [3.63, 3.8) is 0 Å². The molecule has 3 rings (SSSR count). The molecular weight excluding hydrogens is 234 g/mol. The third kappa shape index (κ3) is 1.90. The van der Waals surface area contributed by atoms with Crippen LogP contribution in [0.4, 0.5) is 5.69 Å². The van der Waals surface area contributed by atoms with Gasteiger partial charge in [-0.05, 0) is 34.7 Å². The molecule has 2 N–H and O–H groups in total. The highest BCUT2D eigenvalue weighted by Crippen LogP contribution is 2.29. The van der Waals surface area contributed by atoms with Crippen molar-refractivity contribution in [1.82, 2.24) is 4.98 Å². The quantitative estimate of drug-likeness (QED) is 0.669. The Morgan fingerprint density at radius 3 is 2.47 bits per heavy atom. The van der Waals surface area contributed by atoms with Crippen LogP contribution in [0.5, 0.6) is 0 Å². The Morgan fingerprint density at radius 1 is 0.947 bits per heavy atom. The van der Waals surface area contributed by atoms with Crippen molar-refractivity contribution in [2.24, 2.45) is 0 Å². The third-order valence-electron chi connectivity index (χ3n) is 3.13. The highest BCUT2D eigenvalue weighted by atomic mass is 14.7. The fraction of sp³-hybridized carbons (Fsp3) is 0. The first kappa shape index (κ1) is 11.2. The van der Waals surface area contributed by atoms with Gasteiger partial charge >= 0.3 is 0 Å². The van der Waals surface area contributed by atoms with Gasteiger partial charge in [-0.15, -0.1) is 0 Å². The molecule has 3 heteroatoms. The monoisotopic (exact) mass is 245 g/mol. The third-order valence-corrected chi connectivity index (χ3v) is 3.13. The Hall–Kier alpha value is -2.86. The van der Waals surface area contributed by atoms with Crippen molar-refractivity contribution in [2.75, 3.05) is 5.73 Å². The summed E-state index contributed by atoms with van der Waals surface area (Å²) in [4.78, 5) is 4.09. The average molecular weight is 245 g/mol. The molecular formula is C16H11N3. The van der Waals surface area contributed by atoms with E-state index in [0.717, 1.165) is 27.6 Å². The summed E-state index contributed by atoms with van der Waals surface area (Å²) in [5.41, 5.74) is 9.06. The van der Waals surface area contributed by atoms with Gasteiger partial charge in [0, 0.05) is 17.3 Å². The average Bonchev–Trinajstić information content (AvgIpc) is 2.47. The van der Waals surface area contributed by atoms with Gasteiger partial charge in [-0.25, -0.2) is 4.98 Å². The second-order valence-corrected chi connectivity index (χ2v) is 4.29. The number of pyridine rings is 1. The molecule has 0 aliphatic heterocycles. The normalized spacial score (nSPS) is 10.3. The van der Waals surface area contributed by atoms with E-state index in [0.29, 0.717) is 5.69 Å². The van der Waals surface area contributed by atoms with Gasteiger partial charge in [0.1, 0.15) is 11.8 Å². The van der Waals surface area contributed by atoms with Crippen LogP contribution in [0.3, 0.4) is 0 Å². The highest BCUT2D eigenvalue weighted by Gasteiger charge is 2.07. The lowest BCUT2D eigenvalue weighted by atomic mass is 9.98. The largest absolute Gasteiger partial charge is 0.399 e. The van der Waals surface area contributed by atoms with E-state index in [-0.39, 0.29) is 0 Å². The maximum absolute atomic E-state index is 9.10. The molecule has 3 nitrogen and oxygen atoms in total. The zero-order valence-electron chi connectivity index (χ0n) is 10.2. The summed E-state index contributed by atoms with van der Waals surface area (Å²) in [5.74, 6) is 0. The van der Waals surface area contributed by atoms with Crippen molar-refractivity contribution in [1.29, 1.82) is 5.26 Å². The summed E-state index contributed by atoms with van der Waals surface area (Å²) in [5, 5.41) is 11.0. The summed E-state index contributed by atoms with van der Waals surface area (Å²) in [6.45, 7) is 0. The van der Waals surface area contributed by atoms with Gasteiger partial charge in [-0.2, -0.15) is 5.26 Å². The molecule has 0 saturated heterocycles. The molecule has 2 aromatic carbocycles. The van der Waals surface area contributed by atoms with Crippen LogP contribution < -0.4 is 5.73 Å². The first-order valence-electron chi connectivity index (χ1n) is 5.93. The molecule has 0 atom stereocenters.